The second-order valence-corrected chi connectivity index (χ2v) is 9.34. The molecule has 0 unspecified atom stereocenters. The molecule has 0 heterocycles. The molecule has 3 aromatic rings. The molecule has 3 aromatic carbocycles. The normalized spacial score (nSPS) is 10.9. The van der Waals surface area contributed by atoms with Crippen molar-refractivity contribution in [1.29, 1.82) is 0 Å². The van der Waals surface area contributed by atoms with E-state index in [2.05, 4.69) is 0 Å². The Balaban J connectivity index is 1.38. The maximum Gasteiger partial charge on any atom is 0.343 e. The van der Waals surface area contributed by atoms with E-state index < -0.39 is 11.9 Å². The van der Waals surface area contributed by atoms with Gasteiger partial charge in [0.1, 0.15) is 23.9 Å². The summed E-state index contributed by atoms with van der Waals surface area (Å²) in [7, 11) is 1.52. The summed E-state index contributed by atoms with van der Waals surface area (Å²) in [6, 6.07) is 16.8. The number of unbranched alkanes of at least 4 members (excludes halogenated alkanes) is 3. The van der Waals surface area contributed by atoms with Crippen molar-refractivity contribution in [2.75, 3.05) is 45.0 Å². The third kappa shape index (κ3) is 10.8. The highest BCUT2D eigenvalue weighted by atomic mass is 16.6. The molecular formula is C32H38N2O8. The van der Waals surface area contributed by atoms with Gasteiger partial charge in [0.2, 0.25) is 0 Å². The molecule has 0 aliphatic carbocycles. The highest BCUT2D eigenvalue weighted by molar-refractivity contribution is 5.91. The van der Waals surface area contributed by atoms with Gasteiger partial charge in [-0.25, -0.2) is 9.59 Å². The first-order valence-corrected chi connectivity index (χ1v) is 13.7. The smallest absolute Gasteiger partial charge is 0.343 e. The topological polar surface area (TPSA) is 153 Å². The number of benzene rings is 3. The zero-order chi connectivity index (χ0) is 30.2. The molecule has 3 rings (SSSR count). The monoisotopic (exact) mass is 578 g/mol. The van der Waals surface area contributed by atoms with Gasteiger partial charge >= 0.3 is 11.9 Å². The van der Waals surface area contributed by atoms with Crippen LogP contribution in [0, 0.1) is 0 Å². The van der Waals surface area contributed by atoms with Crippen LogP contribution in [0.5, 0.6) is 17.2 Å². The highest BCUT2D eigenvalue weighted by Crippen LogP contribution is 2.24. The molecule has 224 valence electrons. The van der Waals surface area contributed by atoms with E-state index in [4.69, 9.17) is 35.2 Å². The van der Waals surface area contributed by atoms with E-state index in [1.165, 1.54) is 13.2 Å². The van der Waals surface area contributed by atoms with E-state index in [-0.39, 0.29) is 19.0 Å². The number of carbonyl (C=O) groups excluding carboxylic acids is 2. The van der Waals surface area contributed by atoms with Crippen LogP contribution < -0.4 is 25.7 Å². The number of aliphatic hydroxyl groups excluding tert-OH is 1. The molecule has 0 aromatic heterocycles. The number of anilines is 2. The average Bonchev–Trinajstić information content (AvgIpc) is 2.99. The van der Waals surface area contributed by atoms with Crippen molar-refractivity contribution in [3.63, 3.8) is 0 Å². The second-order valence-electron chi connectivity index (χ2n) is 9.34. The molecule has 0 bridgehead atoms. The van der Waals surface area contributed by atoms with Gasteiger partial charge in [-0.3, -0.25) is 0 Å². The van der Waals surface area contributed by atoms with Gasteiger partial charge in [0.15, 0.2) is 0 Å². The van der Waals surface area contributed by atoms with Crippen LogP contribution in [-0.2, 0) is 20.9 Å². The first kappa shape index (κ1) is 32.0. The molecule has 10 heteroatoms. The van der Waals surface area contributed by atoms with Crippen molar-refractivity contribution < 1.29 is 38.4 Å². The third-order valence-corrected chi connectivity index (χ3v) is 6.09. The van der Waals surface area contributed by atoms with E-state index in [9.17, 15) is 14.7 Å². The number of carbonyl (C=O) groups is 2. The summed E-state index contributed by atoms with van der Waals surface area (Å²) in [5, 5.41) is 9.76. The molecule has 0 saturated carbocycles. The van der Waals surface area contributed by atoms with Crippen LogP contribution in [0.1, 0.15) is 47.2 Å². The molecular weight excluding hydrogens is 540 g/mol. The fourth-order valence-corrected chi connectivity index (χ4v) is 3.84. The van der Waals surface area contributed by atoms with Crippen LogP contribution in [0.25, 0.3) is 6.08 Å². The largest absolute Gasteiger partial charge is 0.494 e. The Morgan fingerprint density at radius 2 is 1.52 bits per heavy atom. The van der Waals surface area contributed by atoms with E-state index in [0.717, 1.165) is 25.7 Å². The first-order valence-electron chi connectivity index (χ1n) is 13.7. The van der Waals surface area contributed by atoms with Crippen LogP contribution in [0.15, 0.2) is 66.7 Å². The van der Waals surface area contributed by atoms with Crippen LogP contribution in [0.3, 0.4) is 0 Å². The number of nitrogen functional groups attached to an aromatic ring is 2. The molecule has 42 heavy (non-hydrogen) atoms. The number of nitrogens with two attached hydrogens (primary N) is 2. The molecule has 0 saturated heterocycles. The predicted octanol–water partition coefficient (Wildman–Crippen LogP) is 4.78. The van der Waals surface area contributed by atoms with Crippen molar-refractivity contribution in [1.82, 2.24) is 0 Å². The summed E-state index contributed by atoms with van der Waals surface area (Å²) in [5.74, 6) is 0.452. The number of hydrogen-bond donors (Lipinski definition) is 3. The van der Waals surface area contributed by atoms with Crippen LogP contribution >= 0.6 is 0 Å². The molecule has 0 aliphatic rings. The maximum absolute atomic E-state index is 12.7. The zero-order valence-corrected chi connectivity index (χ0v) is 23.8. The Hall–Kier alpha value is -4.54. The predicted molar refractivity (Wildman–Crippen MR) is 160 cm³/mol. The first-order chi connectivity index (χ1) is 20.4. The molecule has 5 N–H and O–H groups in total. The van der Waals surface area contributed by atoms with Gasteiger partial charge in [0.25, 0.3) is 0 Å². The molecule has 0 atom stereocenters. The van der Waals surface area contributed by atoms with Crippen molar-refractivity contribution >= 4 is 29.4 Å². The van der Waals surface area contributed by atoms with Gasteiger partial charge in [0, 0.05) is 24.4 Å². The lowest BCUT2D eigenvalue weighted by Gasteiger charge is -2.11. The Morgan fingerprint density at radius 1 is 0.810 bits per heavy atom. The minimum absolute atomic E-state index is 0.156. The number of rotatable bonds is 17. The van der Waals surface area contributed by atoms with E-state index in [0.29, 0.717) is 59.4 Å². The highest BCUT2D eigenvalue weighted by Gasteiger charge is 2.12. The minimum Gasteiger partial charge on any atom is -0.494 e. The number of ether oxygens (including phenoxy) is 5. The molecule has 0 amide bonds. The van der Waals surface area contributed by atoms with Gasteiger partial charge in [0.05, 0.1) is 37.7 Å². The third-order valence-electron chi connectivity index (χ3n) is 6.09. The standard InChI is InChI=1S/C32H38N2O8/c1-38-18-19-41-31(36)15-7-23-6-13-29(25(20-23)22-35)42-32(37)24-8-11-27(12-9-24)39-16-4-2-3-5-17-40-30-14-10-26(33)21-28(30)34/h6-15,20-21,35H,2-5,16-19,22,33-34H2,1H3/b15-7+. The summed E-state index contributed by atoms with van der Waals surface area (Å²) in [5.41, 5.74) is 14.1. The lowest BCUT2D eigenvalue weighted by Crippen LogP contribution is -2.10. The number of esters is 2. The van der Waals surface area contributed by atoms with Crippen molar-refractivity contribution in [2.24, 2.45) is 0 Å². The van der Waals surface area contributed by atoms with Gasteiger partial charge in [-0.1, -0.05) is 6.07 Å². The zero-order valence-electron chi connectivity index (χ0n) is 23.8. The van der Waals surface area contributed by atoms with E-state index in [1.54, 1.807) is 66.7 Å². The average molecular weight is 579 g/mol. The Labute approximate surface area is 245 Å². The summed E-state index contributed by atoms with van der Waals surface area (Å²) in [6.45, 7) is 1.26. The Bertz CT molecular complexity index is 1320. The Kier molecular flexibility index (Phi) is 13.2. The fourth-order valence-electron chi connectivity index (χ4n) is 3.84. The number of aliphatic hydroxyl groups is 1. The van der Waals surface area contributed by atoms with Crippen LogP contribution in [0.2, 0.25) is 0 Å². The Morgan fingerprint density at radius 3 is 2.21 bits per heavy atom. The van der Waals surface area contributed by atoms with Crippen molar-refractivity contribution in [3.05, 3.63) is 83.4 Å². The quantitative estimate of drug-likeness (QED) is 0.0670. The summed E-state index contributed by atoms with van der Waals surface area (Å²) >= 11 is 0. The minimum atomic E-state index is -0.566. The van der Waals surface area contributed by atoms with Crippen LogP contribution in [-0.4, -0.2) is 50.6 Å². The lowest BCUT2D eigenvalue weighted by atomic mass is 10.1. The van der Waals surface area contributed by atoms with E-state index >= 15 is 0 Å². The van der Waals surface area contributed by atoms with Gasteiger partial charge < -0.3 is 40.3 Å². The van der Waals surface area contributed by atoms with Gasteiger partial charge in [-0.05, 0) is 91.9 Å². The molecule has 10 nitrogen and oxygen atoms in total. The maximum atomic E-state index is 12.7. The van der Waals surface area contributed by atoms with E-state index in [1.807, 2.05) is 0 Å². The lowest BCUT2D eigenvalue weighted by molar-refractivity contribution is -0.138. The van der Waals surface area contributed by atoms with Gasteiger partial charge in [-0.2, -0.15) is 0 Å². The number of hydrogen-bond acceptors (Lipinski definition) is 10. The SMILES string of the molecule is COCCOC(=O)/C=C/c1ccc(OC(=O)c2ccc(OCCCCCCOc3ccc(N)cc3N)cc2)c(CO)c1. The summed E-state index contributed by atoms with van der Waals surface area (Å²) in [6.07, 6.45) is 6.60. The molecule has 0 spiro atoms. The summed E-state index contributed by atoms with van der Waals surface area (Å²) in [4.78, 5) is 24.4. The van der Waals surface area contributed by atoms with Crippen molar-refractivity contribution in [2.45, 2.75) is 32.3 Å². The molecule has 0 aliphatic heterocycles. The van der Waals surface area contributed by atoms with Gasteiger partial charge in [-0.15, -0.1) is 0 Å². The number of methoxy groups -OCH3 is 1. The molecule has 0 radical (unpaired) electrons. The fraction of sp³-hybridized carbons (Fsp3) is 0.312. The second kappa shape index (κ2) is 17.3. The summed E-state index contributed by atoms with van der Waals surface area (Å²) < 4.78 is 26.8. The molecule has 0 fully saturated rings. The van der Waals surface area contributed by atoms with Crippen LogP contribution in [0.4, 0.5) is 11.4 Å². The van der Waals surface area contributed by atoms with Crippen molar-refractivity contribution in [3.8, 4) is 17.2 Å².